The van der Waals surface area contributed by atoms with Crippen LogP contribution in [0.25, 0.3) is 0 Å². The number of ether oxygens (including phenoxy) is 1. The van der Waals surface area contributed by atoms with E-state index < -0.39 is 0 Å². The quantitative estimate of drug-likeness (QED) is 0.671. The largest absolute Gasteiger partial charge is 0.367 e. The van der Waals surface area contributed by atoms with E-state index in [1.54, 1.807) is 19.2 Å². The number of hydrogen-bond acceptors (Lipinski definition) is 4. The molecule has 1 aliphatic heterocycles. The number of rotatable bonds is 4. The molecule has 2 aromatic rings. The van der Waals surface area contributed by atoms with Crippen LogP contribution in [-0.2, 0) is 17.7 Å². The zero-order chi connectivity index (χ0) is 18.5. The summed E-state index contributed by atoms with van der Waals surface area (Å²) in [6.07, 6.45) is 0.752. The summed E-state index contributed by atoms with van der Waals surface area (Å²) in [6, 6.07) is 8.42. The Labute approximate surface area is 153 Å². The third kappa shape index (κ3) is 4.40. The van der Waals surface area contributed by atoms with Crippen molar-refractivity contribution in [1.29, 1.82) is 0 Å². The maximum absolute atomic E-state index is 13.2. The minimum absolute atomic E-state index is 0.0364. The Morgan fingerprint density at radius 1 is 1.35 bits per heavy atom. The number of benzene rings is 1. The maximum atomic E-state index is 13.2. The molecule has 1 fully saturated rings. The second-order valence-corrected chi connectivity index (χ2v) is 6.43. The summed E-state index contributed by atoms with van der Waals surface area (Å²) < 4.78 is 24.5. The molecule has 0 amide bonds. The Bertz CT molecular complexity index is 744. The minimum atomic E-state index is -0.245. The van der Waals surface area contributed by atoms with E-state index in [0.717, 1.165) is 35.9 Å². The van der Waals surface area contributed by atoms with Crippen LogP contribution < -0.4 is 5.32 Å². The lowest BCUT2D eigenvalue weighted by Crippen LogP contribution is -2.50. The molecule has 2 atom stereocenters. The van der Waals surface area contributed by atoms with Crippen molar-refractivity contribution in [1.82, 2.24) is 15.4 Å². The van der Waals surface area contributed by atoms with Gasteiger partial charge in [-0.2, -0.15) is 0 Å². The van der Waals surface area contributed by atoms with Crippen LogP contribution in [-0.4, -0.2) is 42.3 Å². The van der Waals surface area contributed by atoms with Crippen LogP contribution in [0.3, 0.4) is 0 Å². The molecule has 3 rings (SSSR count). The van der Waals surface area contributed by atoms with E-state index in [9.17, 15) is 4.39 Å². The Kier molecular flexibility index (Phi) is 5.88. The number of nitrogens with zero attached hydrogens (tertiary/aromatic N) is 3. The smallest absolute Gasteiger partial charge is 0.194 e. The maximum Gasteiger partial charge on any atom is 0.194 e. The average molecular weight is 360 g/mol. The van der Waals surface area contributed by atoms with Gasteiger partial charge in [0.2, 0.25) is 0 Å². The fourth-order valence-corrected chi connectivity index (χ4v) is 3.09. The first-order valence-corrected chi connectivity index (χ1v) is 8.90. The number of hydrogen-bond donors (Lipinski definition) is 1. The number of nitrogens with one attached hydrogen (secondary N) is 1. The van der Waals surface area contributed by atoms with Gasteiger partial charge in [0, 0.05) is 19.7 Å². The molecule has 26 heavy (non-hydrogen) atoms. The second kappa shape index (κ2) is 8.31. The number of aromatic nitrogens is 1. The molecule has 7 heteroatoms. The van der Waals surface area contributed by atoms with Crippen molar-refractivity contribution in [3.8, 4) is 0 Å². The van der Waals surface area contributed by atoms with Gasteiger partial charge in [0.05, 0.1) is 24.9 Å². The van der Waals surface area contributed by atoms with Crippen molar-refractivity contribution in [3.63, 3.8) is 0 Å². The molecule has 1 aromatic carbocycles. The molecule has 6 nitrogen and oxygen atoms in total. The molecule has 1 saturated heterocycles. The molecule has 140 valence electrons. The van der Waals surface area contributed by atoms with Gasteiger partial charge in [0.25, 0.3) is 0 Å². The van der Waals surface area contributed by atoms with Gasteiger partial charge in [0.1, 0.15) is 11.9 Å². The molecule has 0 spiro atoms. The summed E-state index contributed by atoms with van der Waals surface area (Å²) in [5.41, 5.74) is 1.90. The van der Waals surface area contributed by atoms with E-state index in [1.807, 2.05) is 19.9 Å². The highest BCUT2D eigenvalue weighted by molar-refractivity contribution is 5.80. The third-order valence-corrected chi connectivity index (χ3v) is 4.40. The predicted molar refractivity (Wildman–Crippen MR) is 97.3 cm³/mol. The molecular weight excluding hydrogens is 335 g/mol. The minimum Gasteiger partial charge on any atom is -0.367 e. The Hall–Kier alpha value is -2.41. The van der Waals surface area contributed by atoms with Crippen molar-refractivity contribution in [2.75, 3.05) is 20.1 Å². The van der Waals surface area contributed by atoms with Crippen LogP contribution in [0.5, 0.6) is 0 Å². The summed E-state index contributed by atoms with van der Waals surface area (Å²) in [5, 5.41) is 7.32. The second-order valence-electron chi connectivity index (χ2n) is 6.43. The molecule has 2 heterocycles. The summed E-state index contributed by atoms with van der Waals surface area (Å²) in [6.45, 7) is 5.96. The van der Waals surface area contributed by atoms with Gasteiger partial charge in [-0.25, -0.2) is 4.39 Å². The molecular formula is C19H25FN4O2. The van der Waals surface area contributed by atoms with E-state index in [0.29, 0.717) is 13.1 Å². The van der Waals surface area contributed by atoms with Crippen LogP contribution in [0.4, 0.5) is 4.39 Å². The molecule has 1 aliphatic rings. The van der Waals surface area contributed by atoms with Crippen LogP contribution >= 0.6 is 0 Å². The first kappa shape index (κ1) is 18.4. The average Bonchev–Trinajstić information content (AvgIpc) is 3.10. The highest BCUT2D eigenvalue weighted by Gasteiger charge is 2.28. The van der Waals surface area contributed by atoms with Crippen molar-refractivity contribution in [3.05, 3.63) is 53.2 Å². The molecule has 0 aliphatic carbocycles. The SMILES string of the molecule is CCc1cc(CNC(=NC)N2CC(C)OC(c3ccc(F)cc3)C2)on1. The first-order chi connectivity index (χ1) is 12.6. The van der Waals surface area contributed by atoms with Crippen LogP contribution in [0, 0.1) is 5.82 Å². The molecule has 0 radical (unpaired) electrons. The lowest BCUT2D eigenvalue weighted by atomic mass is 10.1. The molecule has 0 bridgehead atoms. The number of guanidine groups is 1. The van der Waals surface area contributed by atoms with Gasteiger partial charge in [-0.05, 0) is 31.0 Å². The number of aliphatic imine (C=N–C) groups is 1. The lowest BCUT2D eigenvalue weighted by Gasteiger charge is -2.38. The summed E-state index contributed by atoms with van der Waals surface area (Å²) in [4.78, 5) is 6.54. The monoisotopic (exact) mass is 360 g/mol. The van der Waals surface area contributed by atoms with E-state index in [1.165, 1.54) is 12.1 Å². The van der Waals surface area contributed by atoms with E-state index in [4.69, 9.17) is 9.26 Å². The van der Waals surface area contributed by atoms with Crippen molar-refractivity contribution in [2.24, 2.45) is 4.99 Å². The number of morpholine rings is 1. The van der Waals surface area contributed by atoms with Gasteiger partial charge >= 0.3 is 0 Å². The normalized spacial score (nSPS) is 21.1. The predicted octanol–water partition coefficient (Wildman–Crippen LogP) is 2.91. The zero-order valence-corrected chi connectivity index (χ0v) is 15.4. The number of aryl methyl sites for hydroxylation is 1. The van der Waals surface area contributed by atoms with E-state index in [-0.39, 0.29) is 18.0 Å². The standard InChI is InChI=1S/C19H25FN4O2/c1-4-16-9-17(26-23-16)10-22-19(21-3)24-11-13(2)25-18(12-24)14-5-7-15(20)8-6-14/h5-9,13,18H,4,10-12H2,1-3H3,(H,21,22). The van der Waals surface area contributed by atoms with Gasteiger partial charge in [-0.3, -0.25) is 4.99 Å². The third-order valence-electron chi connectivity index (χ3n) is 4.40. The zero-order valence-electron chi connectivity index (χ0n) is 15.4. The Morgan fingerprint density at radius 3 is 2.77 bits per heavy atom. The fraction of sp³-hybridized carbons (Fsp3) is 0.474. The number of halogens is 1. The Balaban J connectivity index is 1.66. The first-order valence-electron chi connectivity index (χ1n) is 8.90. The topological polar surface area (TPSA) is 62.9 Å². The summed E-state index contributed by atoms with van der Waals surface area (Å²) in [7, 11) is 1.76. The van der Waals surface area contributed by atoms with Crippen LogP contribution in [0.2, 0.25) is 0 Å². The van der Waals surface area contributed by atoms with Gasteiger partial charge in [0.15, 0.2) is 11.7 Å². The fourth-order valence-electron chi connectivity index (χ4n) is 3.09. The van der Waals surface area contributed by atoms with Crippen LogP contribution in [0.1, 0.15) is 37.0 Å². The van der Waals surface area contributed by atoms with E-state index in [2.05, 4.69) is 20.4 Å². The van der Waals surface area contributed by atoms with Gasteiger partial charge in [-0.1, -0.05) is 24.2 Å². The van der Waals surface area contributed by atoms with Crippen LogP contribution in [0.15, 0.2) is 39.8 Å². The van der Waals surface area contributed by atoms with E-state index >= 15 is 0 Å². The summed E-state index contributed by atoms with van der Waals surface area (Å²) in [5.74, 6) is 1.31. The highest BCUT2D eigenvalue weighted by atomic mass is 19.1. The molecule has 2 unspecified atom stereocenters. The Morgan fingerprint density at radius 2 is 2.12 bits per heavy atom. The van der Waals surface area contributed by atoms with Gasteiger partial charge < -0.3 is 19.5 Å². The lowest BCUT2D eigenvalue weighted by molar-refractivity contribution is -0.0605. The highest BCUT2D eigenvalue weighted by Crippen LogP contribution is 2.25. The van der Waals surface area contributed by atoms with Crippen molar-refractivity contribution in [2.45, 2.75) is 39.0 Å². The molecule has 1 N–H and O–H groups in total. The van der Waals surface area contributed by atoms with Gasteiger partial charge in [-0.15, -0.1) is 0 Å². The van der Waals surface area contributed by atoms with Crippen molar-refractivity contribution < 1.29 is 13.7 Å². The molecule has 0 saturated carbocycles. The van der Waals surface area contributed by atoms with Crippen molar-refractivity contribution >= 4 is 5.96 Å². The molecule has 1 aromatic heterocycles. The summed E-state index contributed by atoms with van der Waals surface area (Å²) >= 11 is 0.